The van der Waals surface area contributed by atoms with Gasteiger partial charge in [0, 0.05) is 18.2 Å². The van der Waals surface area contributed by atoms with Crippen LogP contribution in [-0.4, -0.2) is 33.0 Å². The Labute approximate surface area is 151 Å². The summed E-state index contributed by atoms with van der Waals surface area (Å²) in [7, 11) is 0. The summed E-state index contributed by atoms with van der Waals surface area (Å²) in [5.41, 5.74) is 0.532. The molecule has 0 atom stereocenters. The van der Waals surface area contributed by atoms with E-state index in [0.29, 0.717) is 15.6 Å². The Balaban J connectivity index is 2.27. The molecule has 1 amide bonds. The Morgan fingerprint density at radius 2 is 1.92 bits per heavy atom. The van der Waals surface area contributed by atoms with Crippen molar-refractivity contribution in [3.63, 3.8) is 0 Å². The number of hydrogen-bond donors (Lipinski definition) is 0. The maximum absolute atomic E-state index is 12.6. The molecule has 1 aliphatic heterocycles. The molecule has 0 spiro atoms. The fourth-order valence-electron chi connectivity index (χ4n) is 2.30. The maximum atomic E-state index is 12.6. The zero-order chi connectivity index (χ0) is 18.6. The lowest BCUT2D eigenvalue weighted by Gasteiger charge is -2.20. The molecule has 132 valence electrons. The third-order valence-corrected chi connectivity index (χ3v) is 4.39. The van der Waals surface area contributed by atoms with Crippen molar-refractivity contribution in [1.29, 1.82) is 0 Å². The van der Waals surface area contributed by atoms with Crippen LogP contribution < -0.4 is 0 Å². The first-order valence-corrected chi connectivity index (χ1v) is 8.84. The molecule has 25 heavy (non-hydrogen) atoms. The lowest BCUT2D eigenvalue weighted by atomic mass is 10.1. The molecule has 1 aromatic rings. The highest BCUT2D eigenvalue weighted by molar-refractivity contribution is 8.18. The van der Waals surface area contributed by atoms with E-state index in [9.17, 15) is 14.9 Å². The predicted octanol–water partition coefficient (Wildman–Crippen LogP) is 4.24. The number of amidine groups is 1. The van der Waals surface area contributed by atoms with E-state index in [1.807, 2.05) is 27.7 Å². The van der Waals surface area contributed by atoms with Crippen LogP contribution in [0.1, 0.15) is 33.3 Å². The highest BCUT2D eigenvalue weighted by Gasteiger charge is 2.34. The monoisotopic (exact) mass is 359 g/mol. The summed E-state index contributed by atoms with van der Waals surface area (Å²) in [6, 6.07) is 6.60. The van der Waals surface area contributed by atoms with Crippen molar-refractivity contribution in [3.05, 3.63) is 57.0 Å². The number of para-hydroxylation sites is 1. The minimum Gasteiger partial charge on any atom is -0.284 e. The zero-order valence-corrected chi connectivity index (χ0v) is 15.5. The third kappa shape index (κ3) is 4.57. The molecule has 1 aliphatic rings. The topological polar surface area (TPSA) is 75.8 Å². The van der Waals surface area contributed by atoms with Gasteiger partial charge in [0.05, 0.1) is 15.4 Å². The molecule has 0 aromatic heterocycles. The number of rotatable bonds is 5. The van der Waals surface area contributed by atoms with Gasteiger partial charge in [-0.15, -0.1) is 0 Å². The predicted molar refractivity (Wildman–Crippen MR) is 102 cm³/mol. The van der Waals surface area contributed by atoms with E-state index in [1.54, 1.807) is 41.3 Å². The van der Waals surface area contributed by atoms with Gasteiger partial charge in [0.25, 0.3) is 11.6 Å². The molecule has 1 aromatic carbocycles. The largest absolute Gasteiger partial charge is 0.284 e. The van der Waals surface area contributed by atoms with Crippen molar-refractivity contribution in [2.24, 2.45) is 4.99 Å². The van der Waals surface area contributed by atoms with Gasteiger partial charge in [0.15, 0.2) is 5.17 Å². The van der Waals surface area contributed by atoms with Crippen molar-refractivity contribution in [3.8, 4) is 0 Å². The number of aliphatic imine (C=N–C) groups is 1. The number of thioether (sulfide) groups is 1. The van der Waals surface area contributed by atoms with Gasteiger partial charge in [-0.3, -0.25) is 24.8 Å². The average Bonchev–Trinajstić information content (AvgIpc) is 2.82. The molecule has 0 aliphatic carbocycles. The van der Waals surface area contributed by atoms with E-state index in [2.05, 4.69) is 4.99 Å². The number of nitro benzene ring substituents is 1. The van der Waals surface area contributed by atoms with E-state index >= 15 is 0 Å². The van der Waals surface area contributed by atoms with Crippen LogP contribution >= 0.6 is 11.8 Å². The molecule has 0 N–H and O–H groups in total. The second-order valence-electron chi connectivity index (χ2n) is 6.08. The first kappa shape index (κ1) is 18.9. The maximum Gasteiger partial charge on any atom is 0.276 e. The van der Waals surface area contributed by atoms with Crippen LogP contribution in [0, 0.1) is 10.1 Å². The normalized spacial score (nSPS) is 18.5. The number of amides is 1. The van der Waals surface area contributed by atoms with Gasteiger partial charge >= 0.3 is 0 Å². The summed E-state index contributed by atoms with van der Waals surface area (Å²) >= 11 is 1.33. The summed E-state index contributed by atoms with van der Waals surface area (Å²) < 4.78 is 0. The van der Waals surface area contributed by atoms with Crippen LogP contribution in [0.25, 0.3) is 6.08 Å². The smallest absolute Gasteiger partial charge is 0.276 e. The Kier molecular flexibility index (Phi) is 6.14. The second-order valence-corrected chi connectivity index (χ2v) is 7.09. The number of nitro groups is 1. The summed E-state index contributed by atoms with van der Waals surface area (Å²) in [6.07, 6.45) is 4.98. The van der Waals surface area contributed by atoms with Gasteiger partial charge in [0.1, 0.15) is 0 Å². The lowest BCUT2D eigenvalue weighted by molar-refractivity contribution is -0.385. The van der Waals surface area contributed by atoms with E-state index in [1.165, 1.54) is 17.8 Å². The molecule has 2 rings (SSSR count). The molecular weight excluding hydrogens is 338 g/mol. The Morgan fingerprint density at radius 3 is 2.52 bits per heavy atom. The lowest BCUT2D eigenvalue weighted by Crippen LogP contribution is -2.35. The van der Waals surface area contributed by atoms with Crippen LogP contribution in [0.3, 0.4) is 0 Å². The number of nitrogens with zero attached hydrogens (tertiary/aromatic N) is 3. The van der Waals surface area contributed by atoms with Crippen molar-refractivity contribution < 1.29 is 9.72 Å². The SMILES string of the molecule is CC(C)N=C1S/C(=C/C=C/c2ccccc2[N+](=O)[O-])C(=O)N1C(C)C. The molecule has 6 nitrogen and oxygen atoms in total. The molecule has 0 saturated carbocycles. The molecule has 1 fully saturated rings. The summed E-state index contributed by atoms with van der Waals surface area (Å²) in [5.74, 6) is -0.0911. The fraction of sp³-hybridized carbons (Fsp3) is 0.333. The number of benzene rings is 1. The third-order valence-electron chi connectivity index (χ3n) is 3.38. The molecule has 0 bridgehead atoms. The summed E-state index contributed by atoms with van der Waals surface area (Å²) in [5, 5.41) is 11.7. The molecule has 1 saturated heterocycles. The highest BCUT2D eigenvalue weighted by atomic mass is 32.2. The number of carbonyl (C=O) groups is 1. The first-order valence-electron chi connectivity index (χ1n) is 8.02. The first-order chi connectivity index (χ1) is 11.8. The van der Waals surface area contributed by atoms with Crippen molar-refractivity contribution in [2.75, 3.05) is 0 Å². The van der Waals surface area contributed by atoms with Crippen LogP contribution in [0.2, 0.25) is 0 Å². The number of allylic oxidation sites excluding steroid dienone is 2. The van der Waals surface area contributed by atoms with E-state index in [4.69, 9.17) is 0 Å². The van der Waals surface area contributed by atoms with Crippen molar-refractivity contribution in [2.45, 2.75) is 39.8 Å². The molecule has 7 heteroatoms. The Bertz CT molecular complexity index is 767. The number of hydrogen-bond acceptors (Lipinski definition) is 5. The average molecular weight is 359 g/mol. The van der Waals surface area contributed by atoms with E-state index in [0.717, 1.165) is 0 Å². The minimum absolute atomic E-state index is 0.0163. The Hall–Kier alpha value is -2.41. The highest BCUT2D eigenvalue weighted by Crippen LogP contribution is 2.33. The Morgan fingerprint density at radius 1 is 1.24 bits per heavy atom. The van der Waals surface area contributed by atoms with Crippen LogP contribution in [0.15, 0.2) is 46.3 Å². The molecule has 0 unspecified atom stereocenters. The quantitative estimate of drug-likeness (QED) is 0.448. The molecule has 0 radical (unpaired) electrons. The van der Waals surface area contributed by atoms with Gasteiger partial charge < -0.3 is 0 Å². The van der Waals surface area contributed by atoms with Crippen LogP contribution in [0.5, 0.6) is 0 Å². The zero-order valence-electron chi connectivity index (χ0n) is 14.7. The van der Waals surface area contributed by atoms with E-state index in [-0.39, 0.29) is 23.7 Å². The van der Waals surface area contributed by atoms with Crippen molar-refractivity contribution >= 4 is 34.6 Å². The minimum atomic E-state index is -0.420. The van der Waals surface area contributed by atoms with Gasteiger partial charge in [-0.1, -0.05) is 18.2 Å². The van der Waals surface area contributed by atoms with Gasteiger partial charge in [-0.2, -0.15) is 0 Å². The van der Waals surface area contributed by atoms with Crippen molar-refractivity contribution in [1.82, 2.24) is 4.90 Å². The molecular formula is C18H21N3O3S. The molecule has 1 heterocycles. The van der Waals surface area contributed by atoms with Crippen LogP contribution in [0.4, 0.5) is 5.69 Å². The second kappa shape index (κ2) is 8.11. The standard InChI is InChI=1S/C18H21N3O3S/c1-12(2)19-18-20(13(3)4)17(22)16(25-18)11-7-9-14-8-5-6-10-15(14)21(23)24/h5-13H,1-4H3/b9-7+,16-11+,19-18?. The fourth-order valence-corrected chi connectivity index (χ4v) is 3.49. The van der Waals surface area contributed by atoms with E-state index < -0.39 is 4.92 Å². The number of carbonyl (C=O) groups excluding carboxylic acids is 1. The van der Waals surface area contributed by atoms with Crippen LogP contribution in [-0.2, 0) is 4.79 Å². The van der Waals surface area contributed by atoms with Gasteiger partial charge in [0.2, 0.25) is 0 Å². The summed E-state index contributed by atoms with van der Waals surface area (Å²) in [6.45, 7) is 7.82. The summed E-state index contributed by atoms with van der Waals surface area (Å²) in [4.78, 5) is 29.9. The van der Waals surface area contributed by atoms with Gasteiger partial charge in [-0.25, -0.2) is 0 Å². The van der Waals surface area contributed by atoms with Gasteiger partial charge in [-0.05, 0) is 57.7 Å².